The van der Waals surface area contributed by atoms with Gasteiger partial charge in [0.25, 0.3) is 0 Å². The van der Waals surface area contributed by atoms with Crippen LogP contribution in [0.25, 0.3) is 0 Å². The molecule has 0 spiro atoms. The fourth-order valence-corrected chi connectivity index (χ4v) is 3.30. The molecule has 1 aromatic carbocycles. The molecule has 8 heteroatoms. The molecule has 0 atom stereocenters. The minimum atomic E-state index is -3.75. The number of aryl methyl sites for hydroxylation is 1. The number of rotatable bonds is 4. The SMILES string of the molecule is Cc1cc(CNS(=O)(=O)c2cc(Cl)ccc2Cl)ncn1. The maximum absolute atomic E-state index is 12.2. The highest BCUT2D eigenvalue weighted by Crippen LogP contribution is 2.24. The highest BCUT2D eigenvalue weighted by molar-refractivity contribution is 7.89. The average molecular weight is 332 g/mol. The van der Waals surface area contributed by atoms with E-state index in [-0.39, 0.29) is 16.5 Å². The minimum Gasteiger partial charge on any atom is -0.242 e. The summed E-state index contributed by atoms with van der Waals surface area (Å²) in [5, 5.41) is 0.411. The first-order valence-electron chi connectivity index (χ1n) is 5.61. The zero-order valence-corrected chi connectivity index (χ0v) is 12.8. The Balaban J connectivity index is 2.21. The van der Waals surface area contributed by atoms with Crippen molar-refractivity contribution in [2.75, 3.05) is 0 Å². The summed E-state index contributed by atoms with van der Waals surface area (Å²) in [6.07, 6.45) is 1.38. The van der Waals surface area contributed by atoms with Crippen molar-refractivity contribution >= 4 is 33.2 Å². The van der Waals surface area contributed by atoms with Crippen LogP contribution >= 0.6 is 23.2 Å². The van der Waals surface area contributed by atoms with E-state index < -0.39 is 10.0 Å². The lowest BCUT2D eigenvalue weighted by Gasteiger charge is -2.08. The predicted octanol–water partition coefficient (Wildman–Crippen LogP) is 2.57. The van der Waals surface area contributed by atoms with Crippen molar-refractivity contribution in [3.8, 4) is 0 Å². The molecule has 0 bridgehead atoms. The molecule has 1 aromatic heterocycles. The van der Waals surface area contributed by atoms with Crippen LogP contribution in [0.15, 0.2) is 35.5 Å². The van der Waals surface area contributed by atoms with E-state index in [9.17, 15) is 8.42 Å². The third-order valence-electron chi connectivity index (χ3n) is 2.49. The molecule has 0 radical (unpaired) electrons. The molecule has 0 fully saturated rings. The van der Waals surface area contributed by atoms with E-state index in [0.29, 0.717) is 10.7 Å². The molecule has 20 heavy (non-hydrogen) atoms. The van der Waals surface area contributed by atoms with Crippen LogP contribution in [0.2, 0.25) is 10.0 Å². The van der Waals surface area contributed by atoms with Gasteiger partial charge in [0.1, 0.15) is 11.2 Å². The predicted molar refractivity (Wildman–Crippen MR) is 77.3 cm³/mol. The Bertz CT molecular complexity index is 735. The van der Waals surface area contributed by atoms with Gasteiger partial charge >= 0.3 is 0 Å². The largest absolute Gasteiger partial charge is 0.242 e. The van der Waals surface area contributed by atoms with Crippen molar-refractivity contribution in [3.05, 3.63) is 52.0 Å². The summed E-state index contributed by atoms with van der Waals surface area (Å²) in [6, 6.07) is 5.96. The van der Waals surface area contributed by atoms with E-state index in [0.717, 1.165) is 5.69 Å². The summed E-state index contributed by atoms with van der Waals surface area (Å²) in [5.74, 6) is 0. The molecule has 0 saturated heterocycles. The van der Waals surface area contributed by atoms with Crippen LogP contribution in [0, 0.1) is 6.92 Å². The van der Waals surface area contributed by atoms with Gasteiger partial charge < -0.3 is 0 Å². The third-order valence-corrected chi connectivity index (χ3v) is 4.60. The van der Waals surface area contributed by atoms with Crippen LogP contribution in [0.1, 0.15) is 11.4 Å². The Kier molecular flexibility index (Phi) is 4.59. The number of halogens is 2. The van der Waals surface area contributed by atoms with Crippen molar-refractivity contribution in [2.45, 2.75) is 18.4 Å². The van der Waals surface area contributed by atoms with Gasteiger partial charge in [0, 0.05) is 10.7 Å². The van der Waals surface area contributed by atoms with Crippen LogP contribution in [-0.4, -0.2) is 18.4 Å². The second kappa shape index (κ2) is 6.05. The first-order chi connectivity index (χ1) is 9.38. The normalized spacial score (nSPS) is 11.6. The number of hydrogen-bond acceptors (Lipinski definition) is 4. The number of sulfonamides is 1. The smallest absolute Gasteiger partial charge is 0.242 e. The van der Waals surface area contributed by atoms with E-state index in [1.807, 2.05) is 0 Å². The van der Waals surface area contributed by atoms with Crippen LogP contribution in [0.5, 0.6) is 0 Å². The molecule has 1 N–H and O–H groups in total. The highest BCUT2D eigenvalue weighted by Gasteiger charge is 2.18. The van der Waals surface area contributed by atoms with Gasteiger partial charge in [0.2, 0.25) is 10.0 Å². The molecule has 5 nitrogen and oxygen atoms in total. The molecule has 0 aliphatic rings. The monoisotopic (exact) mass is 331 g/mol. The minimum absolute atomic E-state index is 0.0501. The van der Waals surface area contributed by atoms with Crippen molar-refractivity contribution < 1.29 is 8.42 Å². The lowest BCUT2D eigenvalue weighted by atomic mass is 10.3. The van der Waals surface area contributed by atoms with E-state index in [4.69, 9.17) is 23.2 Å². The number of nitrogens with one attached hydrogen (secondary N) is 1. The zero-order valence-electron chi connectivity index (χ0n) is 10.5. The molecule has 2 rings (SSSR count). The van der Waals surface area contributed by atoms with E-state index in [1.165, 1.54) is 24.5 Å². The van der Waals surface area contributed by atoms with E-state index >= 15 is 0 Å². The van der Waals surface area contributed by atoms with Gasteiger partial charge in [-0.2, -0.15) is 0 Å². The molecule has 1 heterocycles. The van der Waals surface area contributed by atoms with E-state index in [2.05, 4.69) is 14.7 Å². The Morgan fingerprint density at radius 2 is 1.95 bits per heavy atom. The lowest BCUT2D eigenvalue weighted by Crippen LogP contribution is -2.24. The fraction of sp³-hybridized carbons (Fsp3) is 0.167. The van der Waals surface area contributed by atoms with Crippen LogP contribution < -0.4 is 4.72 Å². The first-order valence-corrected chi connectivity index (χ1v) is 7.84. The Labute approximate surface area is 127 Å². The standard InChI is InChI=1S/C12H11Cl2N3O2S/c1-8-4-10(16-7-15-8)6-17-20(18,19)12-5-9(13)2-3-11(12)14/h2-5,7,17H,6H2,1H3. The molecule has 0 aliphatic carbocycles. The van der Waals surface area contributed by atoms with Gasteiger partial charge in [-0.3, -0.25) is 0 Å². The summed E-state index contributed by atoms with van der Waals surface area (Å²) in [4.78, 5) is 7.86. The number of nitrogens with zero attached hydrogens (tertiary/aromatic N) is 2. The highest BCUT2D eigenvalue weighted by atomic mass is 35.5. The first kappa shape index (κ1) is 15.2. The molecule has 0 aliphatic heterocycles. The van der Waals surface area contributed by atoms with Gasteiger partial charge in [0.05, 0.1) is 17.3 Å². The number of hydrogen-bond donors (Lipinski definition) is 1. The van der Waals surface area contributed by atoms with Gasteiger partial charge in [-0.1, -0.05) is 23.2 Å². The second-order valence-electron chi connectivity index (χ2n) is 4.05. The summed E-state index contributed by atoms with van der Waals surface area (Å²) in [6.45, 7) is 1.85. The molecule has 0 amide bonds. The second-order valence-corrected chi connectivity index (χ2v) is 6.63. The van der Waals surface area contributed by atoms with Gasteiger partial charge in [-0.25, -0.2) is 23.1 Å². The lowest BCUT2D eigenvalue weighted by molar-refractivity contribution is 0.580. The fourth-order valence-electron chi connectivity index (χ4n) is 1.54. The van der Waals surface area contributed by atoms with Crippen LogP contribution in [-0.2, 0) is 16.6 Å². The van der Waals surface area contributed by atoms with Gasteiger partial charge in [-0.15, -0.1) is 0 Å². The Morgan fingerprint density at radius 3 is 2.65 bits per heavy atom. The third kappa shape index (κ3) is 3.67. The number of benzene rings is 1. The molecule has 2 aromatic rings. The van der Waals surface area contributed by atoms with E-state index in [1.54, 1.807) is 13.0 Å². The van der Waals surface area contributed by atoms with Crippen molar-refractivity contribution in [2.24, 2.45) is 0 Å². The maximum atomic E-state index is 12.2. The Morgan fingerprint density at radius 1 is 1.20 bits per heavy atom. The van der Waals surface area contributed by atoms with Crippen molar-refractivity contribution in [3.63, 3.8) is 0 Å². The van der Waals surface area contributed by atoms with Crippen molar-refractivity contribution in [1.29, 1.82) is 0 Å². The molecular formula is C12H11Cl2N3O2S. The topological polar surface area (TPSA) is 72.0 Å². The zero-order chi connectivity index (χ0) is 14.8. The average Bonchev–Trinajstić information content (AvgIpc) is 2.39. The molecule has 0 unspecified atom stereocenters. The summed E-state index contributed by atoms with van der Waals surface area (Å²) in [7, 11) is -3.75. The summed E-state index contributed by atoms with van der Waals surface area (Å²) >= 11 is 11.7. The molecule has 0 saturated carbocycles. The van der Waals surface area contributed by atoms with Gasteiger partial charge in [0.15, 0.2) is 0 Å². The Hall–Kier alpha value is -1.21. The maximum Gasteiger partial charge on any atom is 0.242 e. The molecule has 106 valence electrons. The summed E-state index contributed by atoms with van der Waals surface area (Å²) < 4.78 is 26.8. The van der Waals surface area contributed by atoms with Crippen LogP contribution in [0.3, 0.4) is 0 Å². The number of aromatic nitrogens is 2. The summed E-state index contributed by atoms with van der Waals surface area (Å²) in [5.41, 5.74) is 1.33. The quantitative estimate of drug-likeness (QED) is 0.934. The van der Waals surface area contributed by atoms with Gasteiger partial charge in [-0.05, 0) is 31.2 Å². The van der Waals surface area contributed by atoms with Crippen molar-refractivity contribution in [1.82, 2.24) is 14.7 Å². The molecular weight excluding hydrogens is 321 g/mol. The van der Waals surface area contributed by atoms with Crippen LogP contribution in [0.4, 0.5) is 0 Å².